The van der Waals surface area contributed by atoms with Crippen LogP contribution in [0.15, 0.2) is 17.1 Å². The maximum atomic E-state index is 12.5. The summed E-state index contributed by atoms with van der Waals surface area (Å²) in [6, 6.07) is 1.30. The Bertz CT molecular complexity index is 585. The molecule has 142 valence electrons. The average molecular weight is 354 g/mol. The molecule has 25 heavy (non-hydrogen) atoms. The van der Waals surface area contributed by atoms with Gasteiger partial charge in [0.15, 0.2) is 5.43 Å². The summed E-state index contributed by atoms with van der Waals surface area (Å²) in [5.41, 5.74) is 1.29. The number of aliphatic hydroxyl groups excluding tert-OH is 1. The minimum atomic E-state index is -0.364. The van der Waals surface area contributed by atoms with Gasteiger partial charge in [-0.1, -0.05) is 13.8 Å². The fraction of sp³-hybridized carbons (Fsp3) is 0.667. The van der Waals surface area contributed by atoms with Crippen LogP contribution in [0.4, 0.5) is 0 Å². The van der Waals surface area contributed by atoms with Crippen molar-refractivity contribution in [1.82, 2.24) is 9.88 Å². The minimum Gasteiger partial charge on any atom is -0.376 e. The molecule has 0 saturated carbocycles. The van der Waals surface area contributed by atoms with E-state index in [1.165, 1.54) is 18.1 Å². The lowest BCUT2D eigenvalue weighted by molar-refractivity contribution is -0.142. The first-order valence-corrected chi connectivity index (χ1v) is 8.54. The van der Waals surface area contributed by atoms with Crippen LogP contribution in [0.25, 0.3) is 0 Å². The first kappa shape index (κ1) is 21.3. The summed E-state index contributed by atoms with van der Waals surface area (Å²) in [6.07, 6.45) is 2.99. The molecule has 0 aliphatic heterocycles. The van der Waals surface area contributed by atoms with Gasteiger partial charge in [-0.25, -0.2) is 0 Å². The molecule has 0 fully saturated rings. The second-order valence-corrected chi connectivity index (χ2v) is 6.57. The highest BCUT2D eigenvalue weighted by molar-refractivity contribution is 5.76. The number of ether oxygens (including phenoxy) is 2. The van der Waals surface area contributed by atoms with Crippen LogP contribution in [0.2, 0.25) is 0 Å². The molecule has 0 spiro atoms. The number of aliphatic hydroxyl groups is 1. The summed E-state index contributed by atoms with van der Waals surface area (Å²) in [5, 5.41) is 9.67. The van der Waals surface area contributed by atoms with E-state index in [9.17, 15) is 14.7 Å². The molecule has 1 aromatic rings. The monoisotopic (exact) mass is 354 g/mol. The Morgan fingerprint density at radius 2 is 2.12 bits per heavy atom. The molecule has 0 aliphatic rings. The van der Waals surface area contributed by atoms with Gasteiger partial charge in [-0.15, -0.1) is 0 Å². The number of H-pyrrole nitrogens is 1. The number of hydrogen-bond acceptors (Lipinski definition) is 5. The Morgan fingerprint density at radius 3 is 2.68 bits per heavy atom. The first-order valence-electron chi connectivity index (χ1n) is 8.54. The van der Waals surface area contributed by atoms with Crippen molar-refractivity contribution in [1.29, 1.82) is 0 Å². The summed E-state index contributed by atoms with van der Waals surface area (Å²) in [6.45, 7) is 5.93. The number of amides is 1. The van der Waals surface area contributed by atoms with Crippen molar-refractivity contribution in [3.05, 3.63) is 33.7 Å². The van der Waals surface area contributed by atoms with Crippen LogP contribution in [-0.2, 0) is 20.7 Å². The number of hydrogen-bond donors (Lipinski definition) is 2. The van der Waals surface area contributed by atoms with Gasteiger partial charge in [-0.2, -0.15) is 0 Å². The highest BCUT2D eigenvalue weighted by Crippen LogP contribution is 2.14. The number of nitrogens with zero attached hydrogens (tertiary/aromatic N) is 1. The summed E-state index contributed by atoms with van der Waals surface area (Å²) >= 11 is 0. The maximum absolute atomic E-state index is 12.5. The number of methoxy groups -OCH3 is 1. The van der Waals surface area contributed by atoms with Gasteiger partial charge in [-0.05, 0) is 25.7 Å². The van der Waals surface area contributed by atoms with Crippen molar-refractivity contribution in [2.24, 2.45) is 5.92 Å². The van der Waals surface area contributed by atoms with E-state index in [1.807, 2.05) is 0 Å². The second kappa shape index (κ2) is 11.0. The van der Waals surface area contributed by atoms with Gasteiger partial charge < -0.3 is 24.5 Å². The highest BCUT2D eigenvalue weighted by atomic mass is 16.7. The number of aromatic amines is 1. The van der Waals surface area contributed by atoms with E-state index in [1.54, 1.807) is 13.1 Å². The summed E-state index contributed by atoms with van der Waals surface area (Å²) < 4.78 is 10.3. The van der Waals surface area contributed by atoms with E-state index in [0.717, 1.165) is 6.42 Å². The van der Waals surface area contributed by atoms with Gasteiger partial charge in [0.05, 0.1) is 12.6 Å². The molecule has 7 heteroatoms. The zero-order valence-corrected chi connectivity index (χ0v) is 15.6. The Hall–Kier alpha value is -1.70. The lowest BCUT2D eigenvalue weighted by atomic mass is 10.0. The van der Waals surface area contributed by atoms with E-state index in [-0.39, 0.29) is 37.3 Å². The van der Waals surface area contributed by atoms with Crippen molar-refractivity contribution in [3.8, 4) is 0 Å². The van der Waals surface area contributed by atoms with Crippen LogP contribution >= 0.6 is 0 Å². The molecule has 1 aromatic heterocycles. The fourth-order valence-corrected chi connectivity index (χ4v) is 2.61. The number of rotatable bonds is 11. The number of pyridine rings is 1. The smallest absolute Gasteiger partial charge is 0.225 e. The average Bonchev–Trinajstić information content (AvgIpc) is 2.56. The Kier molecular flexibility index (Phi) is 9.41. The van der Waals surface area contributed by atoms with E-state index >= 15 is 0 Å². The van der Waals surface area contributed by atoms with Crippen LogP contribution in [0.1, 0.15) is 37.9 Å². The predicted molar refractivity (Wildman–Crippen MR) is 95.1 cm³/mol. The molecule has 0 radical (unpaired) electrons. The van der Waals surface area contributed by atoms with Gasteiger partial charge in [-0.3, -0.25) is 9.59 Å². The van der Waals surface area contributed by atoms with Crippen LogP contribution in [-0.4, -0.2) is 54.2 Å². The Labute approximate surface area is 148 Å². The summed E-state index contributed by atoms with van der Waals surface area (Å²) in [7, 11) is 1.54. The van der Waals surface area contributed by atoms with Crippen molar-refractivity contribution in [2.45, 2.75) is 46.1 Å². The zero-order chi connectivity index (χ0) is 18.8. The molecule has 0 saturated heterocycles. The normalized spacial score (nSPS) is 12.4. The van der Waals surface area contributed by atoms with E-state index in [4.69, 9.17) is 9.47 Å². The molecule has 0 aromatic carbocycles. The molecule has 0 aliphatic carbocycles. The standard InChI is InChI=1S/C18H30N2O5/c1-13(2)7-16(10-25-12-24-4)20(11-21)18(23)6-5-15-8-17(22)14(3)9-19-15/h8-9,13,16,21H,5-7,10-12H2,1-4H3,(H,19,22). The lowest BCUT2D eigenvalue weighted by Crippen LogP contribution is -2.44. The molecule has 1 unspecified atom stereocenters. The SMILES string of the molecule is COCOCC(CC(C)C)N(CO)C(=O)CCc1cc(=O)c(C)c[nH]1. The van der Waals surface area contributed by atoms with E-state index in [2.05, 4.69) is 18.8 Å². The van der Waals surface area contributed by atoms with Gasteiger partial charge in [0.1, 0.15) is 13.5 Å². The summed E-state index contributed by atoms with van der Waals surface area (Å²) in [4.78, 5) is 28.7. The molecular weight excluding hydrogens is 324 g/mol. The van der Waals surface area contributed by atoms with E-state index < -0.39 is 0 Å². The van der Waals surface area contributed by atoms with Crippen molar-refractivity contribution < 1.29 is 19.4 Å². The summed E-state index contributed by atoms with van der Waals surface area (Å²) in [5.74, 6) is 0.182. The number of carbonyl (C=O) groups is 1. The van der Waals surface area contributed by atoms with Crippen LogP contribution in [0.5, 0.6) is 0 Å². The maximum Gasteiger partial charge on any atom is 0.225 e. The lowest BCUT2D eigenvalue weighted by Gasteiger charge is -2.31. The third-order valence-corrected chi connectivity index (χ3v) is 3.94. The van der Waals surface area contributed by atoms with E-state index in [0.29, 0.717) is 30.2 Å². The van der Waals surface area contributed by atoms with Crippen LogP contribution in [0.3, 0.4) is 0 Å². The van der Waals surface area contributed by atoms with Crippen molar-refractivity contribution in [3.63, 3.8) is 0 Å². The molecule has 1 rings (SSSR count). The predicted octanol–water partition coefficient (Wildman–Crippen LogP) is 1.43. The van der Waals surface area contributed by atoms with Gasteiger partial charge >= 0.3 is 0 Å². The highest BCUT2D eigenvalue weighted by Gasteiger charge is 2.24. The van der Waals surface area contributed by atoms with Crippen LogP contribution < -0.4 is 5.43 Å². The third-order valence-electron chi connectivity index (χ3n) is 3.94. The quantitative estimate of drug-likeness (QED) is 0.463. The molecule has 2 N–H and O–H groups in total. The third kappa shape index (κ3) is 7.37. The zero-order valence-electron chi connectivity index (χ0n) is 15.6. The van der Waals surface area contributed by atoms with Gasteiger partial charge in [0.2, 0.25) is 5.91 Å². The molecule has 0 bridgehead atoms. The number of aromatic nitrogens is 1. The topological polar surface area (TPSA) is 91.9 Å². The van der Waals surface area contributed by atoms with Gasteiger partial charge in [0.25, 0.3) is 0 Å². The number of aryl methyl sites for hydroxylation is 2. The number of nitrogens with one attached hydrogen (secondary N) is 1. The first-order chi connectivity index (χ1) is 11.9. The van der Waals surface area contributed by atoms with Crippen molar-refractivity contribution >= 4 is 5.91 Å². The minimum absolute atomic E-state index is 0.0501. The second-order valence-electron chi connectivity index (χ2n) is 6.57. The molecule has 1 heterocycles. The van der Waals surface area contributed by atoms with Crippen molar-refractivity contribution in [2.75, 3.05) is 27.2 Å². The largest absolute Gasteiger partial charge is 0.376 e. The molecule has 1 amide bonds. The molecule has 1 atom stereocenters. The number of carbonyl (C=O) groups excluding carboxylic acids is 1. The Balaban J connectivity index is 2.70. The van der Waals surface area contributed by atoms with Gasteiger partial charge in [0, 0.05) is 37.1 Å². The molecular formula is C18H30N2O5. The fourth-order valence-electron chi connectivity index (χ4n) is 2.61. The Morgan fingerprint density at radius 1 is 1.40 bits per heavy atom. The van der Waals surface area contributed by atoms with Crippen LogP contribution in [0, 0.1) is 12.8 Å². The molecule has 7 nitrogen and oxygen atoms in total.